The number of halogens is 1. The summed E-state index contributed by atoms with van der Waals surface area (Å²) in [5, 5.41) is 25.7. The Kier molecular flexibility index (Phi) is 4.04. The molecule has 0 aliphatic heterocycles. The molecule has 0 unspecified atom stereocenters. The monoisotopic (exact) mass is 319 g/mol. The minimum absolute atomic E-state index is 0.111. The number of amides is 1. The van der Waals surface area contributed by atoms with Crippen LogP contribution in [0.4, 0.5) is 4.39 Å². The molecule has 1 heterocycles. The number of aliphatic hydroxyl groups excluding tert-OH is 1. The lowest BCUT2D eigenvalue weighted by Gasteiger charge is -2.37. The minimum atomic E-state index is -0.838. The van der Waals surface area contributed by atoms with Crippen molar-refractivity contribution in [1.29, 1.82) is 0 Å². The molecular formula is C16H18FN3O3. The van der Waals surface area contributed by atoms with Gasteiger partial charge < -0.3 is 15.5 Å². The fourth-order valence-electron chi connectivity index (χ4n) is 2.85. The fourth-order valence-corrected chi connectivity index (χ4v) is 2.85. The van der Waals surface area contributed by atoms with Crippen LogP contribution < -0.4 is 5.32 Å². The lowest BCUT2D eigenvalue weighted by atomic mass is 9.75. The molecule has 122 valence electrons. The minimum Gasteiger partial charge on any atom is -0.505 e. The fraction of sp³-hybridized carbons (Fsp3) is 0.375. The van der Waals surface area contributed by atoms with Crippen LogP contribution in [0.2, 0.25) is 0 Å². The number of nitrogens with zero attached hydrogens (tertiary/aromatic N) is 2. The maximum absolute atomic E-state index is 13.4. The van der Waals surface area contributed by atoms with Gasteiger partial charge in [0.05, 0.1) is 18.3 Å². The van der Waals surface area contributed by atoms with Crippen LogP contribution in [0.15, 0.2) is 30.6 Å². The summed E-state index contributed by atoms with van der Waals surface area (Å²) in [6.45, 7) is 0. The van der Waals surface area contributed by atoms with Crippen molar-refractivity contribution in [2.24, 2.45) is 13.0 Å². The van der Waals surface area contributed by atoms with Gasteiger partial charge in [-0.2, -0.15) is 5.10 Å². The van der Waals surface area contributed by atoms with Crippen LogP contribution in [-0.4, -0.2) is 32.0 Å². The van der Waals surface area contributed by atoms with E-state index in [0.717, 1.165) is 17.7 Å². The first kappa shape index (κ1) is 15.5. The molecule has 0 saturated heterocycles. The van der Waals surface area contributed by atoms with Gasteiger partial charge in [-0.3, -0.25) is 9.48 Å². The first-order valence-corrected chi connectivity index (χ1v) is 7.40. The smallest absolute Gasteiger partial charge is 0.251 e. The second-order valence-electron chi connectivity index (χ2n) is 5.95. The summed E-state index contributed by atoms with van der Waals surface area (Å²) in [6, 6.07) is 3.22. The van der Waals surface area contributed by atoms with E-state index in [2.05, 4.69) is 10.4 Å². The number of aromatic nitrogens is 2. The molecule has 1 saturated carbocycles. The molecule has 1 atom stereocenters. The zero-order valence-corrected chi connectivity index (χ0v) is 12.6. The summed E-state index contributed by atoms with van der Waals surface area (Å²) in [5.74, 6) is -1.65. The standard InChI is InChI=1S/C16H18FN3O3/c1-20-8-11(7-18-20)15(10-4-12(21)5-10)19-16(23)9-2-3-14(22)13(17)6-9/h2-3,6-8,10,12,15,21-22H,4-5H2,1H3,(H,19,23)/t10?,12?,15-/m1/s1. The molecule has 6 nitrogen and oxygen atoms in total. The molecule has 0 spiro atoms. The van der Waals surface area contributed by atoms with E-state index in [4.69, 9.17) is 0 Å². The third-order valence-corrected chi connectivity index (χ3v) is 4.20. The van der Waals surface area contributed by atoms with Gasteiger partial charge in [-0.1, -0.05) is 0 Å². The predicted molar refractivity (Wildman–Crippen MR) is 80.2 cm³/mol. The van der Waals surface area contributed by atoms with Crippen LogP contribution in [-0.2, 0) is 7.05 Å². The number of aromatic hydroxyl groups is 1. The first-order chi connectivity index (χ1) is 10.9. The molecule has 1 aliphatic rings. The molecule has 1 aliphatic carbocycles. The normalized spacial score (nSPS) is 21.5. The van der Waals surface area contributed by atoms with Crippen molar-refractivity contribution >= 4 is 5.91 Å². The van der Waals surface area contributed by atoms with E-state index in [1.165, 1.54) is 6.07 Å². The topological polar surface area (TPSA) is 87.4 Å². The van der Waals surface area contributed by atoms with Crippen LogP contribution in [0.1, 0.15) is 34.8 Å². The first-order valence-electron chi connectivity index (χ1n) is 7.40. The number of carbonyl (C=O) groups is 1. The number of nitrogens with one attached hydrogen (secondary N) is 1. The third-order valence-electron chi connectivity index (χ3n) is 4.20. The highest BCUT2D eigenvalue weighted by Crippen LogP contribution is 2.38. The van der Waals surface area contributed by atoms with Gasteiger partial charge in [0, 0.05) is 24.4 Å². The largest absolute Gasteiger partial charge is 0.505 e. The second kappa shape index (κ2) is 6.00. The van der Waals surface area contributed by atoms with Gasteiger partial charge in [0.2, 0.25) is 0 Å². The summed E-state index contributed by atoms with van der Waals surface area (Å²) < 4.78 is 15.1. The number of hydrogen-bond donors (Lipinski definition) is 3. The Morgan fingerprint density at radius 2 is 2.22 bits per heavy atom. The van der Waals surface area contributed by atoms with Crippen LogP contribution in [0.5, 0.6) is 5.75 Å². The van der Waals surface area contributed by atoms with Crippen LogP contribution in [0.3, 0.4) is 0 Å². The number of aliphatic hydroxyl groups is 1. The summed E-state index contributed by atoms with van der Waals surface area (Å²) in [5.41, 5.74) is 0.978. The van der Waals surface area contributed by atoms with E-state index in [0.29, 0.717) is 12.8 Å². The molecule has 1 aromatic heterocycles. The van der Waals surface area contributed by atoms with Crippen molar-refractivity contribution in [3.63, 3.8) is 0 Å². The number of phenolic OH excluding ortho intramolecular Hbond substituents is 1. The highest BCUT2D eigenvalue weighted by atomic mass is 19.1. The summed E-state index contributed by atoms with van der Waals surface area (Å²) >= 11 is 0. The average molecular weight is 319 g/mol. The molecule has 1 aromatic carbocycles. The number of phenols is 1. The molecule has 0 radical (unpaired) electrons. The Morgan fingerprint density at radius 1 is 1.48 bits per heavy atom. The van der Waals surface area contributed by atoms with Crippen molar-refractivity contribution in [2.45, 2.75) is 25.0 Å². The van der Waals surface area contributed by atoms with Gasteiger partial charge in [-0.15, -0.1) is 0 Å². The van der Waals surface area contributed by atoms with Crippen molar-refractivity contribution < 1.29 is 19.4 Å². The quantitative estimate of drug-likeness (QED) is 0.797. The predicted octanol–water partition coefficient (Wildman–Crippen LogP) is 1.51. The van der Waals surface area contributed by atoms with Gasteiger partial charge in [0.25, 0.3) is 5.91 Å². The molecule has 1 amide bonds. The van der Waals surface area contributed by atoms with Crippen LogP contribution >= 0.6 is 0 Å². The van der Waals surface area contributed by atoms with E-state index in [-0.39, 0.29) is 23.6 Å². The average Bonchev–Trinajstić information content (AvgIpc) is 2.91. The molecular weight excluding hydrogens is 301 g/mol. The highest BCUT2D eigenvalue weighted by molar-refractivity contribution is 5.94. The lowest BCUT2D eigenvalue weighted by Crippen LogP contribution is -2.41. The number of carbonyl (C=O) groups excluding carboxylic acids is 1. The van der Waals surface area contributed by atoms with Crippen molar-refractivity contribution in [3.05, 3.63) is 47.5 Å². The molecule has 1 fully saturated rings. The summed E-state index contributed by atoms with van der Waals surface area (Å²) in [7, 11) is 1.79. The van der Waals surface area contributed by atoms with Crippen molar-refractivity contribution in [3.8, 4) is 5.75 Å². The third kappa shape index (κ3) is 3.19. The molecule has 0 bridgehead atoms. The highest BCUT2D eigenvalue weighted by Gasteiger charge is 2.36. The molecule has 23 heavy (non-hydrogen) atoms. The van der Waals surface area contributed by atoms with E-state index in [1.54, 1.807) is 17.9 Å². The van der Waals surface area contributed by atoms with Gasteiger partial charge in [-0.05, 0) is 37.0 Å². The van der Waals surface area contributed by atoms with Gasteiger partial charge in [0.1, 0.15) is 0 Å². The Morgan fingerprint density at radius 3 is 2.78 bits per heavy atom. The summed E-state index contributed by atoms with van der Waals surface area (Å²) in [6.07, 6.45) is 4.34. The van der Waals surface area contributed by atoms with Crippen LogP contribution in [0, 0.1) is 11.7 Å². The SMILES string of the molecule is Cn1cc([C@H](NC(=O)c2ccc(O)c(F)c2)C2CC(O)C2)cn1. The lowest BCUT2D eigenvalue weighted by molar-refractivity contribution is 0.0235. The maximum Gasteiger partial charge on any atom is 0.251 e. The number of rotatable bonds is 4. The summed E-state index contributed by atoms with van der Waals surface area (Å²) in [4.78, 5) is 12.4. The second-order valence-corrected chi connectivity index (χ2v) is 5.95. The molecule has 3 rings (SSSR count). The Hall–Kier alpha value is -2.41. The molecule has 2 aromatic rings. The number of benzene rings is 1. The van der Waals surface area contributed by atoms with Crippen molar-refractivity contribution in [1.82, 2.24) is 15.1 Å². The number of aryl methyl sites for hydroxylation is 1. The van der Waals surface area contributed by atoms with E-state index in [9.17, 15) is 19.4 Å². The Bertz CT molecular complexity index is 725. The van der Waals surface area contributed by atoms with E-state index in [1.807, 2.05) is 6.20 Å². The Labute approximate surface area is 132 Å². The van der Waals surface area contributed by atoms with Gasteiger partial charge in [0.15, 0.2) is 11.6 Å². The zero-order chi connectivity index (χ0) is 16.6. The molecule has 7 heteroatoms. The zero-order valence-electron chi connectivity index (χ0n) is 12.6. The number of hydrogen-bond acceptors (Lipinski definition) is 4. The van der Waals surface area contributed by atoms with Crippen molar-refractivity contribution in [2.75, 3.05) is 0 Å². The Balaban J connectivity index is 1.80. The van der Waals surface area contributed by atoms with Gasteiger partial charge in [-0.25, -0.2) is 4.39 Å². The van der Waals surface area contributed by atoms with E-state index >= 15 is 0 Å². The van der Waals surface area contributed by atoms with E-state index < -0.39 is 17.5 Å². The molecule has 3 N–H and O–H groups in total. The van der Waals surface area contributed by atoms with Gasteiger partial charge >= 0.3 is 0 Å². The van der Waals surface area contributed by atoms with Crippen LogP contribution in [0.25, 0.3) is 0 Å². The maximum atomic E-state index is 13.4.